The Morgan fingerprint density at radius 1 is 1.19 bits per heavy atom. The van der Waals surface area contributed by atoms with Gasteiger partial charge in [-0.2, -0.15) is 17.6 Å². The first-order valence-corrected chi connectivity index (χ1v) is 9.86. The Hall–Kier alpha value is -2.42. The molecule has 1 aromatic heterocycles. The summed E-state index contributed by atoms with van der Waals surface area (Å²) in [7, 11) is 1.11. The fraction of sp³-hybridized carbons (Fsp3) is 0.500. The van der Waals surface area contributed by atoms with Gasteiger partial charge in [-0.25, -0.2) is 4.39 Å². The Kier molecular flexibility index (Phi) is 6.19. The summed E-state index contributed by atoms with van der Waals surface area (Å²) in [4.78, 5) is 15.6. The molecule has 4 atom stereocenters. The molecular weight excluding hydrogens is 421 g/mol. The number of aromatic nitrogens is 1. The summed E-state index contributed by atoms with van der Waals surface area (Å²) >= 11 is 0. The monoisotopic (exact) mass is 445 g/mol. The maximum absolute atomic E-state index is 14.4. The maximum atomic E-state index is 14.4. The SMILES string of the molecule is COc1c([C@@H]2[C@H](C)[C@H](C(F)(F)F)O[C@H]2c2cc(=O)c(C(C)C)c(C)[nH]2)ccc(F)c1F. The molecule has 2 aromatic rings. The average Bonchev–Trinajstić information content (AvgIpc) is 3.00. The minimum atomic E-state index is -4.69. The molecule has 0 saturated carbocycles. The number of rotatable bonds is 4. The highest BCUT2D eigenvalue weighted by atomic mass is 19.4. The van der Waals surface area contributed by atoms with Crippen molar-refractivity contribution in [3.8, 4) is 5.75 Å². The second-order valence-electron chi connectivity index (χ2n) is 8.17. The number of methoxy groups -OCH3 is 1. The van der Waals surface area contributed by atoms with Crippen LogP contribution in [0.4, 0.5) is 22.0 Å². The fourth-order valence-electron chi connectivity index (χ4n) is 4.53. The number of nitrogens with one attached hydrogen (secondary N) is 1. The summed E-state index contributed by atoms with van der Waals surface area (Å²) in [5.41, 5.74) is 0.882. The number of hydrogen-bond donors (Lipinski definition) is 1. The van der Waals surface area contributed by atoms with E-state index in [-0.39, 0.29) is 22.6 Å². The average molecular weight is 445 g/mol. The molecule has 0 radical (unpaired) electrons. The van der Waals surface area contributed by atoms with Gasteiger partial charge in [0, 0.05) is 40.4 Å². The number of aryl methyl sites for hydroxylation is 1. The molecule has 1 aliphatic heterocycles. The largest absolute Gasteiger partial charge is 0.493 e. The zero-order valence-corrected chi connectivity index (χ0v) is 17.7. The molecule has 2 heterocycles. The van der Waals surface area contributed by atoms with Crippen LogP contribution in [0.2, 0.25) is 0 Å². The van der Waals surface area contributed by atoms with Crippen LogP contribution < -0.4 is 10.2 Å². The number of alkyl halides is 3. The van der Waals surface area contributed by atoms with Gasteiger partial charge in [-0.1, -0.05) is 26.8 Å². The summed E-state index contributed by atoms with van der Waals surface area (Å²) < 4.78 is 79.5. The first kappa shape index (κ1) is 23.2. The minimum absolute atomic E-state index is 0.0390. The highest BCUT2D eigenvalue weighted by molar-refractivity contribution is 5.41. The third-order valence-corrected chi connectivity index (χ3v) is 5.80. The second-order valence-corrected chi connectivity index (χ2v) is 8.17. The summed E-state index contributed by atoms with van der Waals surface area (Å²) in [6, 6.07) is 3.26. The zero-order chi connectivity index (χ0) is 23.2. The van der Waals surface area contributed by atoms with Crippen LogP contribution in [0, 0.1) is 24.5 Å². The molecule has 0 bridgehead atoms. The molecule has 1 aromatic carbocycles. The molecule has 31 heavy (non-hydrogen) atoms. The lowest BCUT2D eigenvalue weighted by atomic mass is 9.81. The van der Waals surface area contributed by atoms with Gasteiger partial charge in [0.25, 0.3) is 0 Å². The Bertz CT molecular complexity index is 1030. The predicted molar refractivity (Wildman–Crippen MR) is 104 cm³/mol. The van der Waals surface area contributed by atoms with Crippen molar-refractivity contribution in [2.45, 2.75) is 57.9 Å². The topological polar surface area (TPSA) is 51.3 Å². The van der Waals surface area contributed by atoms with Crippen LogP contribution in [-0.2, 0) is 4.74 Å². The summed E-state index contributed by atoms with van der Waals surface area (Å²) in [5, 5.41) is 0. The molecule has 0 spiro atoms. The molecule has 3 rings (SSSR count). The van der Waals surface area contributed by atoms with Gasteiger partial charge in [0.05, 0.1) is 7.11 Å². The molecule has 0 aliphatic carbocycles. The number of H-pyrrole nitrogens is 1. The number of benzene rings is 1. The Morgan fingerprint density at radius 3 is 2.35 bits per heavy atom. The van der Waals surface area contributed by atoms with Crippen molar-refractivity contribution >= 4 is 0 Å². The first-order valence-electron chi connectivity index (χ1n) is 9.86. The molecule has 4 nitrogen and oxygen atoms in total. The van der Waals surface area contributed by atoms with E-state index in [0.717, 1.165) is 13.2 Å². The van der Waals surface area contributed by atoms with Crippen LogP contribution in [0.3, 0.4) is 0 Å². The lowest BCUT2D eigenvalue weighted by Gasteiger charge is -2.25. The number of aromatic amines is 1. The van der Waals surface area contributed by atoms with Gasteiger partial charge in [0.15, 0.2) is 23.1 Å². The van der Waals surface area contributed by atoms with Crippen molar-refractivity contribution in [3.05, 3.63) is 62.6 Å². The quantitative estimate of drug-likeness (QED) is 0.631. The molecule has 170 valence electrons. The highest BCUT2D eigenvalue weighted by Gasteiger charge is 2.56. The van der Waals surface area contributed by atoms with E-state index in [1.165, 1.54) is 19.1 Å². The number of hydrogen-bond acceptors (Lipinski definition) is 3. The van der Waals surface area contributed by atoms with E-state index in [2.05, 4.69) is 4.98 Å². The van der Waals surface area contributed by atoms with Gasteiger partial charge in [-0.3, -0.25) is 4.79 Å². The first-order chi connectivity index (χ1) is 14.4. The third kappa shape index (κ3) is 4.07. The van der Waals surface area contributed by atoms with Crippen LogP contribution in [0.15, 0.2) is 23.0 Å². The van der Waals surface area contributed by atoms with E-state index in [0.29, 0.717) is 11.3 Å². The van der Waals surface area contributed by atoms with E-state index < -0.39 is 47.6 Å². The van der Waals surface area contributed by atoms with E-state index in [4.69, 9.17) is 9.47 Å². The van der Waals surface area contributed by atoms with Crippen molar-refractivity contribution < 1.29 is 31.4 Å². The molecule has 0 amide bonds. The number of pyridine rings is 1. The van der Waals surface area contributed by atoms with Crippen LogP contribution in [0.1, 0.15) is 61.2 Å². The molecule has 1 saturated heterocycles. The molecule has 1 aliphatic rings. The van der Waals surface area contributed by atoms with Gasteiger partial charge in [-0.05, 0) is 18.9 Å². The molecule has 1 fully saturated rings. The van der Waals surface area contributed by atoms with Gasteiger partial charge < -0.3 is 14.5 Å². The third-order valence-electron chi connectivity index (χ3n) is 5.80. The van der Waals surface area contributed by atoms with Crippen molar-refractivity contribution in [2.75, 3.05) is 7.11 Å². The summed E-state index contributed by atoms with van der Waals surface area (Å²) in [6.45, 7) is 6.66. The molecular formula is C22H24F5NO3. The van der Waals surface area contributed by atoms with Gasteiger partial charge in [-0.15, -0.1) is 0 Å². The van der Waals surface area contributed by atoms with Crippen molar-refractivity contribution in [3.63, 3.8) is 0 Å². The molecule has 1 N–H and O–H groups in total. The van der Waals surface area contributed by atoms with E-state index >= 15 is 0 Å². The Labute approximate surface area is 176 Å². The predicted octanol–water partition coefficient (Wildman–Crippen LogP) is 5.52. The Balaban J connectivity index is 2.21. The highest BCUT2D eigenvalue weighted by Crippen LogP contribution is 2.54. The molecule has 0 unspecified atom stereocenters. The minimum Gasteiger partial charge on any atom is -0.493 e. The normalized spacial score (nSPS) is 24.1. The van der Waals surface area contributed by atoms with Crippen molar-refractivity contribution in [1.82, 2.24) is 4.98 Å². The number of halogens is 5. The van der Waals surface area contributed by atoms with Crippen LogP contribution in [0.5, 0.6) is 5.75 Å². The van der Waals surface area contributed by atoms with Crippen LogP contribution in [0.25, 0.3) is 0 Å². The summed E-state index contributed by atoms with van der Waals surface area (Å²) in [5.74, 6) is -5.24. The Morgan fingerprint density at radius 2 is 1.84 bits per heavy atom. The van der Waals surface area contributed by atoms with E-state index in [9.17, 15) is 26.7 Å². The van der Waals surface area contributed by atoms with Crippen molar-refractivity contribution in [2.24, 2.45) is 5.92 Å². The number of ether oxygens (including phenoxy) is 2. The van der Waals surface area contributed by atoms with Gasteiger partial charge in [0.2, 0.25) is 5.82 Å². The van der Waals surface area contributed by atoms with E-state index in [1.54, 1.807) is 6.92 Å². The lowest BCUT2D eigenvalue weighted by Crippen LogP contribution is -2.33. The lowest BCUT2D eigenvalue weighted by molar-refractivity contribution is -0.223. The van der Waals surface area contributed by atoms with Gasteiger partial charge in [0.1, 0.15) is 6.10 Å². The van der Waals surface area contributed by atoms with Crippen molar-refractivity contribution in [1.29, 1.82) is 0 Å². The smallest absolute Gasteiger partial charge is 0.414 e. The van der Waals surface area contributed by atoms with Crippen LogP contribution >= 0.6 is 0 Å². The summed E-state index contributed by atoms with van der Waals surface area (Å²) in [6.07, 6.45) is -8.09. The maximum Gasteiger partial charge on any atom is 0.414 e. The molecule has 9 heteroatoms. The zero-order valence-electron chi connectivity index (χ0n) is 17.7. The van der Waals surface area contributed by atoms with E-state index in [1.807, 2.05) is 13.8 Å². The standard InChI is InChI=1S/C22H24F5NO3/c1-9(2)16-11(4)28-14(8-15(16)29)20-17(10(3)21(31-20)22(25,26)27)12-6-7-13(23)18(24)19(12)30-5/h6-10,17,20-21H,1-5H3,(H,28,29)/t10-,17-,20-,21+/m0/s1. The fourth-order valence-corrected chi connectivity index (χ4v) is 4.53. The van der Waals surface area contributed by atoms with Crippen LogP contribution in [-0.4, -0.2) is 24.4 Å². The second kappa shape index (κ2) is 8.26. The van der Waals surface area contributed by atoms with Gasteiger partial charge >= 0.3 is 6.18 Å².